The Labute approximate surface area is 73.0 Å². The van der Waals surface area contributed by atoms with E-state index in [0.29, 0.717) is 0 Å². The number of nitrogens with zero attached hydrogens (tertiary/aromatic N) is 1. The highest BCUT2D eigenvalue weighted by molar-refractivity contribution is 7.95. The molecule has 0 spiro atoms. The molecule has 64 valence electrons. The molecule has 0 aromatic heterocycles. The molecule has 0 amide bonds. The zero-order valence-electron chi connectivity index (χ0n) is 6.88. The summed E-state index contributed by atoms with van der Waals surface area (Å²) in [5, 5.41) is 0. The van der Waals surface area contributed by atoms with Crippen LogP contribution in [0.5, 0.6) is 0 Å². The van der Waals surface area contributed by atoms with Crippen molar-refractivity contribution < 1.29 is 0 Å². The number of rotatable bonds is 1. The van der Waals surface area contributed by atoms with E-state index >= 15 is 0 Å². The molecule has 1 N–H and O–H groups in total. The van der Waals surface area contributed by atoms with E-state index in [1.807, 2.05) is 12.1 Å². The van der Waals surface area contributed by atoms with Crippen LogP contribution in [0, 0.1) is 0 Å². The molecular formula is C8H16N2S. The largest absolute Gasteiger partial charge is 0.249 e. The van der Waals surface area contributed by atoms with Gasteiger partial charge in [-0.1, -0.05) is 19.3 Å². The molecule has 0 unspecified atom stereocenters. The molecule has 1 aliphatic heterocycles. The summed E-state index contributed by atoms with van der Waals surface area (Å²) in [6.45, 7) is 2.41. The third-order valence-corrected chi connectivity index (χ3v) is 3.65. The standard InChI is InChI=1S/C8H16N2S/c1-2-4-8(5-3-1)10-7-6-9-11-10/h8-9H,1-7H2. The van der Waals surface area contributed by atoms with Crippen LogP contribution in [-0.2, 0) is 0 Å². The summed E-state index contributed by atoms with van der Waals surface area (Å²) in [6.07, 6.45) is 7.20. The van der Waals surface area contributed by atoms with Crippen LogP contribution in [0.2, 0.25) is 0 Å². The Balaban J connectivity index is 1.82. The molecule has 2 rings (SSSR count). The summed E-state index contributed by atoms with van der Waals surface area (Å²) in [5.41, 5.74) is 0. The van der Waals surface area contributed by atoms with Gasteiger partial charge in [0.15, 0.2) is 0 Å². The van der Waals surface area contributed by atoms with Crippen molar-refractivity contribution in [2.24, 2.45) is 0 Å². The topological polar surface area (TPSA) is 15.3 Å². The molecule has 0 aromatic rings. The van der Waals surface area contributed by atoms with Crippen molar-refractivity contribution in [1.29, 1.82) is 0 Å². The van der Waals surface area contributed by atoms with Gasteiger partial charge < -0.3 is 0 Å². The highest BCUT2D eigenvalue weighted by Crippen LogP contribution is 2.27. The highest BCUT2D eigenvalue weighted by atomic mass is 32.2. The predicted octanol–water partition coefficient (Wildman–Crippen LogP) is 1.79. The fourth-order valence-electron chi connectivity index (χ4n) is 1.96. The molecule has 1 heterocycles. The molecular weight excluding hydrogens is 156 g/mol. The summed E-state index contributed by atoms with van der Waals surface area (Å²) < 4.78 is 5.84. The fraction of sp³-hybridized carbons (Fsp3) is 1.00. The van der Waals surface area contributed by atoms with Crippen LogP contribution >= 0.6 is 12.1 Å². The Kier molecular flexibility index (Phi) is 2.72. The Hall–Kier alpha value is 0.270. The fourth-order valence-corrected chi connectivity index (χ4v) is 2.85. The zero-order valence-corrected chi connectivity index (χ0v) is 7.70. The van der Waals surface area contributed by atoms with Crippen molar-refractivity contribution in [3.63, 3.8) is 0 Å². The van der Waals surface area contributed by atoms with Crippen LogP contribution in [0.25, 0.3) is 0 Å². The van der Waals surface area contributed by atoms with Crippen molar-refractivity contribution in [3.8, 4) is 0 Å². The molecule has 0 bridgehead atoms. The van der Waals surface area contributed by atoms with Crippen molar-refractivity contribution in [2.75, 3.05) is 13.1 Å². The van der Waals surface area contributed by atoms with Gasteiger partial charge in [0.1, 0.15) is 0 Å². The van der Waals surface area contributed by atoms with Crippen LogP contribution < -0.4 is 4.72 Å². The van der Waals surface area contributed by atoms with Gasteiger partial charge in [-0.25, -0.2) is 9.03 Å². The molecule has 0 radical (unpaired) electrons. The van der Waals surface area contributed by atoms with E-state index in [4.69, 9.17) is 0 Å². The first-order valence-electron chi connectivity index (χ1n) is 4.63. The van der Waals surface area contributed by atoms with E-state index in [9.17, 15) is 0 Å². The normalized spacial score (nSPS) is 29.5. The maximum atomic E-state index is 3.31. The first kappa shape index (κ1) is 7.90. The second kappa shape index (κ2) is 3.78. The lowest BCUT2D eigenvalue weighted by atomic mass is 9.95. The van der Waals surface area contributed by atoms with E-state index in [1.54, 1.807) is 0 Å². The third-order valence-electron chi connectivity index (χ3n) is 2.60. The van der Waals surface area contributed by atoms with Gasteiger partial charge in [-0.3, -0.25) is 0 Å². The van der Waals surface area contributed by atoms with Crippen LogP contribution in [0.15, 0.2) is 0 Å². The minimum atomic E-state index is 0.878. The molecule has 0 atom stereocenters. The zero-order chi connectivity index (χ0) is 7.52. The molecule has 2 aliphatic rings. The van der Waals surface area contributed by atoms with Gasteiger partial charge in [0.2, 0.25) is 0 Å². The third kappa shape index (κ3) is 1.89. The lowest BCUT2D eigenvalue weighted by Gasteiger charge is -2.28. The monoisotopic (exact) mass is 172 g/mol. The van der Waals surface area contributed by atoms with Crippen LogP contribution in [0.4, 0.5) is 0 Å². The molecule has 1 saturated heterocycles. The quantitative estimate of drug-likeness (QED) is 0.607. The van der Waals surface area contributed by atoms with Gasteiger partial charge in [0.25, 0.3) is 0 Å². The minimum absolute atomic E-state index is 0.878. The summed E-state index contributed by atoms with van der Waals surface area (Å²) in [5.74, 6) is 0. The van der Waals surface area contributed by atoms with Gasteiger partial charge in [0.05, 0.1) is 0 Å². The Morgan fingerprint density at radius 3 is 2.64 bits per heavy atom. The van der Waals surface area contributed by atoms with Crippen LogP contribution in [0.3, 0.4) is 0 Å². The maximum Gasteiger partial charge on any atom is 0.0240 e. The second-order valence-corrected chi connectivity index (χ2v) is 4.36. The average molecular weight is 172 g/mol. The number of hydrogen-bond donors (Lipinski definition) is 1. The van der Waals surface area contributed by atoms with E-state index in [1.165, 1.54) is 45.2 Å². The van der Waals surface area contributed by atoms with Crippen LogP contribution in [-0.4, -0.2) is 23.4 Å². The molecule has 0 aromatic carbocycles. The van der Waals surface area contributed by atoms with Crippen molar-refractivity contribution in [2.45, 2.75) is 38.1 Å². The molecule has 1 aliphatic carbocycles. The van der Waals surface area contributed by atoms with Gasteiger partial charge in [-0.2, -0.15) is 0 Å². The Morgan fingerprint density at radius 1 is 1.18 bits per heavy atom. The van der Waals surface area contributed by atoms with Gasteiger partial charge in [0, 0.05) is 31.3 Å². The first-order chi connectivity index (χ1) is 5.47. The van der Waals surface area contributed by atoms with Crippen molar-refractivity contribution >= 4 is 12.1 Å². The molecule has 11 heavy (non-hydrogen) atoms. The van der Waals surface area contributed by atoms with Crippen molar-refractivity contribution in [1.82, 2.24) is 9.03 Å². The molecule has 1 saturated carbocycles. The predicted molar refractivity (Wildman–Crippen MR) is 49.2 cm³/mol. The van der Waals surface area contributed by atoms with Gasteiger partial charge in [-0.05, 0) is 12.8 Å². The smallest absolute Gasteiger partial charge is 0.0240 e. The maximum absolute atomic E-state index is 3.31. The Morgan fingerprint density at radius 2 is 2.00 bits per heavy atom. The molecule has 2 nitrogen and oxygen atoms in total. The summed E-state index contributed by atoms with van der Waals surface area (Å²) in [7, 11) is 0. The minimum Gasteiger partial charge on any atom is -0.249 e. The summed E-state index contributed by atoms with van der Waals surface area (Å²) in [4.78, 5) is 0. The van der Waals surface area contributed by atoms with Crippen LogP contribution in [0.1, 0.15) is 32.1 Å². The van der Waals surface area contributed by atoms with E-state index in [2.05, 4.69) is 9.03 Å². The lowest BCUT2D eigenvalue weighted by molar-refractivity contribution is 0.286. The second-order valence-electron chi connectivity index (χ2n) is 3.42. The van der Waals surface area contributed by atoms with E-state index in [0.717, 1.165) is 6.04 Å². The van der Waals surface area contributed by atoms with Gasteiger partial charge in [-0.15, -0.1) is 0 Å². The Bertz CT molecular complexity index is 117. The lowest BCUT2D eigenvalue weighted by Crippen LogP contribution is -2.29. The van der Waals surface area contributed by atoms with E-state index in [-0.39, 0.29) is 0 Å². The highest BCUT2D eigenvalue weighted by Gasteiger charge is 2.23. The van der Waals surface area contributed by atoms with E-state index < -0.39 is 0 Å². The first-order valence-corrected chi connectivity index (χ1v) is 5.40. The molecule has 3 heteroatoms. The number of nitrogens with one attached hydrogen (secondary N) is 1. The summed E-state index contributed by atoms with van der Waals surface area (Å²) in [6, 6.07) is 0.878. The average Bonchev–Trinajstić information content (AvgIpc) is 2.58. The SMILES string of the molecule is C1CCC(N2CCNS2)CC1. The number of hydrogen-bond acceptors (Lipinski definition) is 3. The van der Waals surface area contributed by atoms with Gasteiger partial charge >= 0.3 is 0 Å². The summed E-state index contributed by atoms with van der Waals surface area (Å²) >= 11 is 1.83. The van der Waals surface area contributed by atoms with Crippen molar-refractivity contribution in [3.05, 3.63) is 0 Å². The molecule has 2 fully saturated rings.